The van der Waals surface area contributed by atoms with Crippen LogP contribution in [0.25, 0.3) is 10.9 Å². The molecule has 8 nitrogen and oxygen atoms in total. The van der Waals surface area contributed by atoms with E-state index in [9.17, 15) is 4.79 Å². The van der Waals surface area contributed by atoms with E-state index >= 15 is 0 Å². The number of hydrogen-bond acceptors (Lipinski definition) is 6. The molecule has 8 heteroatoms. The van der Waals surface area contributed by atoms with Crippen LogP contribution in [0.15, 0.2) is 51.9 Å². The summed E-state index contributed by atoms with van der Waals surface area (Å²) in [5.41, 5.74) is 2.79. The lowest BCUT2D eigenvalue weighted by Crippen LogP contribution is -2.41. The van der Waals surface area contributed by atoms with Crippen LogP contribution in [0.2, 0.25) is 0 Å². The Morgan fingerprint density at radius 1 is 1.21 bits per heavy atom. The number of H-pyrrole nitrogens is 1. The first kappa shape index (κ1) is 22.5. The van der Waals surface area contributed by atoms with Crippen LogP contribution in [0, 0.1) is 12.8 Å². The molecule has 1 N–H and O–H groups in total. The van der Waals surface area contributed by atoms with Crippen molar-refractivity contribution in [2.24, 2.45) is 5.92 Å². The maximum Gasteiger partial charge on any atom is 0.252 e. The minimum Gasteiger partial charge on any atom is -0.467 e. The van der Waals surface area contributed by atoms with Gasteiger partial charge in [0, 0.05) is 23.7 Å². The normalized spacial score (nSPS) is 15.7. The van der Waals surface area contributed by atoms with E-state index in [-0.39, 0.29) is 17.5 Å². The van der Waals surface area contributed by atoms with Gasteiger partial charge in [-0.2, -0.15) is 0 Å². The van der Waals surface area contributed by atoms with E-state index in [2.05, 4.69) is 52.2 Å². The molecule has 4 aromatic rings. The number of aromatic nitrogens is 5. The van der Waals surface area contributed by atoms with Gasteiger partial charge in [0.05, 0.1) is 12.3 Å². The van der Waals surface area contributed by atoms with Gasteiger partial charge in [0.1, 0.15) is 12.3 Å². The summed E-state index contributed by atoms with van der Waals surface area (Å²) in [5, 5.41) is 13.8. The van der Waals surface area contributed by atoms with Crippen molar-refractivity contribution in [1.29, 1.82) is 0 Å². The van der Waals surface area contributed by atoms with Crippen molar-refractivity contribution in [2.45, 2.75) is 71.6 Å². The van der Waals surface area contributed by atoms with E-state index in [4.69, 9.17) is 4.42 Å². The Hall–Kier alpha value is -3.26. The molecule has 1 saturated carbocycles. The molecule has 34 heavy (non-hydrogen) atoms. The molecule has 0 saturated heterocycles. The molecule has 0 unspecified atom stereocenters. The van der Waals surface area contributed by atoms with Gasteiger partial charge in [-0.25, -0.2) is 4.68 Å². The van der Waals surface area contributed by atoms with Crippen LogP contribution < -0.4 is 5.56 Å². The molecule has 1 aliphatic carbocycles. The predicted octanol–water partition coefficient (Wildman–Crippen LogP) is 4.61. The quantitative estimate of drug-likeness (QED) is 0.413. The third kappa shape index (κ3) is 4.55. The van der Waals surface area contributed by atoms with Crippen molar-refractivity contribution in [1.82, 2.24) is 30.1 Å². The van der Waals surface area contributed by atoms with E-state index in [1.165, 1.54) is 18.4 Å². The summed E-state index contributed by atoms with van der Waals surface area (Å²) < 4.78 is 7.38. The van der Waals surface area contributed by atoms with Gasteiger partial charge < -0.3 is 9.40 Å². The second-order valence-electron chi connectivity index (χ2n) is 9.79. The standard InChI is InChI=1S/C26H32N6O2/c1-17(2)24(25-28-29-30-32(25)16-22-9-6-12-34-22)31(21-7-4-5-8-21)15-20-14-19-13-18(3)10-11-23(19)27-26(20)33/h6,9-14,17,21,24H,4-5,7-8,15-16H2,1-3H3,(H,27,33)/t24-/m0/s1. The number of aryl methyl sites for hydroxylation is 1. The van der Waals surface area contributed by atoms with Crippen molar-refractivity contribution >= 4 is 10.9 Å². The Morgan fingerprint density at radius 3 is 2.76 bits per heavy atom. The highest BCUT2D eigenvalue weighted by molar-refractivity contribution is 5.79. The summed E-state index contributed by atoms with van der Waals surface area (Å²) in [6.07, 6.45) is 6.31. The Morgan fingerprint density at radius 2 is 2.03 bits per heavy atom. The van der Waals surface area contributed by atoms with E-state index in [0.717, 1.165) is 40.9 Å². The van der Waals surface area contributed by atoms with Gasteiger partial charge in [-0.15, -0.1) is 5.10 Å². The van der Waals surface area contributed by atoms with Gasteiger partial charge >= 0.3 is 0 Å². The zero-order valence-corrected chi connectivity index (χ0v) is 20.1. The molecular formula is C26H32N6O2. The van der Waals surface area contributed by atoms with Gasteiger partial charge in [-0.05, 0) is 71.8 Å². The smallest absolute Gasteiger partial charge is 0.252 e. The maximum absolute atomic E-state index is 13.1. The molecule has 1 fully saturated rings. The average molecular weight is 461 g/mol. The fourth-order valence-corrected chi connectivity index (χ4v) is 5.29. The molecular weight excluding hydrogens is 428 g/mol. The number of pyridine rings is 1. The SMILES string of the molecule is Cc1ccc2[nH]c(=O)c(CN(C3CCCC3)[C@H](c3nnnn3Cc3ccco3)C(C)C)cc2c1. The summed E-state index contributed by atoms with van der Waals surface area (Å²) in [5.74, 6) is 1.87. The second-order valence-corrected chi connectivity index (χ2v) is 9.79. The summed E-state index contributed by atoms with van der Waals surface area (Å²) >= 11 is 0. The fraction of sp³-hybridized carbons (Fsp3) is 0.462. The van der Waals surface area contributed by atoms with Crippen LogP contribution in [0.3, 0.4) is 0 Å². The number of hydrogen-bond donors (Lipinski definition) is 1. The highest BCUT2D eigenvalue weighted by atomic mass is 16.3. The lowest BCUT2D eigenvalue weighted by atomic mass is 9.97. The third-order valence-corrected chi connectivity index (χ3v) is 6.92. The van der Waals surface area contributed by atoms with Crippen LogP contribution in [0.1, 0.15) is 68.3 Å². The lowest BCUT2D eigenvalue weighted by molar-refractivity contribution is 0.0842. The molecule has 3 aromatic heterocycles. The van der Waals surface area contributed by atoms with Crippen molar-refractivity contribution in [3.05, 3.63) is 75.7 Å². The van der Waals surface area contributed by atoms with Gasteiger partial charge in [-0.1, -0.05) is 38.3 Å². The first-order valence-corrected chi connectivity index (χ1v) is 12.2. The minimum absolute atomic E-state index is 0.0272. The number of nitrogens with zero attached hydrogens (tertiary/aromatic N) is 5. The molecule has 0 bridgehead atoms. The topological polar surface area (TPSA) is 92.8 Å². The van der Waals surface area contributed by atoms with Crippen molar-refractivity contribution in [2.75, 3.05) is 0 Å². The van der Waals surface area contributed by atoms with Gasteiger partial charge in [0.2, 0.25) is 0 Å². The first-order chi connectivity index (χ1) is 16.5. The lowest BCUT2D eigenvalue weighted by Gasteiger charge is -2.37. The van der Waals surface area contributed by atoms with Crippen molar-refractivity contribution in [3.63, 3.8) is 0 Å². The number of benzene rings is 1. The molecule has 5 rings (SSSR count). The number of furan rings is 1. The molecule has 1 aromatic carbocycles. The summed E-state index contributed by atoms with van der Waals surface area (Å²) in [6, 6.07) is 12.3. The molecule has 0 aliphatic heterocycles. The van der Waals surface area contributed by atoms with E-state index in [1.807, 2.05) is 35.0 Å². The third-order valence-electron chi connectivity index (χ3n) is 6.92. The zero-order chi connectivity index (χ0) is 23.7. The Kier molecular flexibility index (Phi) is 6.32. The number of rotatable bonds is 8. The molecule has 1 atom stereocenters. The molecule has 3 heterocycles. The maximum atomic E-state index is 13.1. The van der Waals surface area contributed by atoms with E-state index in [1.54, 1.807) is 6.26 Å². The highest BCUT2D eigenvalue weighted by Gasteiger charge is 2.35. The molecule has 1 aliphatic rings. The van der Waals surface area contributed by atoms with Gasteiger partial charge in [0.15, 0.2) is 5.82 Å². The van der Waals surface area contributed by atoms with Gasteiger partial charge in [-0.3, -0.25) is 9.69 Å². The first-order valence-electron chi connectivity index (χ1n) is 12.2. The fourth-order valence-electron chi connectivity index (χ4n) is 5.29. The van der Waals surface area contributed by atoms with Crippen LogP contribution in [0.5, 0.6) is 0 Å². The van der Waals surface area contributed by atoms with Crippen molar-refractivity contribution < 1.29 is 4.42 Å². The molecule has 0 spiro atoms. The summed E-state index contributed by atoms with van der Waals surface area (Å²) in [4.78, 5) is 18.6. The molecule has 178 valence electrons. The molecule has 0 radical (unpaired) electrons. The molecule has 0 amide bonds. The van der Waals surface area contributed by atoms with Crippen LogP contribution in [-0.4, -0.2) is 36.1 Å². The summed E-state index contributed by atoms with van der Waals surface area (Å²) in [7, 11) is 0. The number of aromatic amines is 1. The Labute approximate surface area is 199 Å². The number of fused-ring (bicyclic) bond motifs is 1. The van der Waals surface area contributed by atoms with Gasteiger partial charge in [0.25, 0.3) is 5.56 Å². The summed E-state index contributed by atoms with van der Waals surface area (Å²) in [6.45, 7) is 7.51. The van der Waals surface area contributed by atoms with E-state index < -0.39 is 0 Å². The monoisotopic (exact) mass is 460 g/mol. The van der Waals surface area contributed by atoms with E-state index in [0.29, 0.717) is 19.1 Å². The van der Waals surface area contributed by atoms with Crippen LogP contribution in [-0.2, 0) is 13.1 Å². The average Bonchev–Trinajstić information content (AvgIpc) is 3.58. The Balaban J connectivity index is 1.54. The zero-order valence-electron chi connectivity index (χ0n) is 20.1. The van der Waals surface area contributed by atoms with Crippen molar-refractivity contribution in [3.8, 4) is 0 Å². The second kappa shape index (κ2) is 9.54. The predicted molar refractivity (Wildman–Crippen MR) is 130 cm³/mol. The number of tetrazole rings is 1. The Bertz CT molecular complexity index is 1300. The number of nitrogens with one attached hydrogen (secondary N) is 1. The largest absolute Gasteiger partial charge is 0.467 e. The minimum atomic E-state index is -0.0305. The van der Waals surface area contributed by atoms with Crippen LogP contribution >= 0.6 is 0 Å². The highest BCUT2D eigenvalue weighted by Crippen LogP contribution is 2.36. The van der Waals surface area contributed by atoms with Crippen LogP contribution in [0.4, 0.5) is 0 Å².